The van der Waals surface area contributed by atoms with E-state index in [0.717, 1.165) is 5.56 Å². The molecule has 1 unspecified atom stereocenters. The molecule has 0 saturated heterocycles. The van der Waals surface area contributed by atoms with E-state index in [1.54, 1.807) is 42.5 Å². The van der Waals surface area contributed by atoms with Gasteiger partial charge in [-0.2, -0.15) is 0 Å². The summed E-state index contributed by atoms with van der Waals surface area (Å²) in [5.74, 6) is 0. The minimum absolute atomic E-state index is 0. The third-order valence-electron chi connectivity index (χ3n) is 2.74. The van der Waals surface area contributed by atoms with Gasteiger partial charge < -0.3 is 17.7 Å². The summed E-state index contributed by atoms with van der Waals surface area (Å²) in [7, 11) is 0. The van der Waals surface area contributed by atoms with Crippen LogP contribution in [0.15, 0.2) is 60.7 Å². The summed E-state index contributed by atoms with van der Waals surface area (Å²) in [5, 5.41) is 0. The first kappa shape index (κ1) is 17.9. The minimum atomic E-state index is -5.09. The topological polar surface area (TPSA) is 9.23 Å². The molecule has 0 bridgehead atoms. The Kier molecular flexibility index (Phi) is 7.50. The molecule has 0 fully saturated rings. The first-order chi connectivity index (χ1) is 9.07. The zero-order valence-electron chi connectivity index (χ0n) is 11.2. The Morgan fingerprint density at radius 1 is 0.850 bits per heavy atom. The van der Waals surface area contributed by atoms with Gasteiger partial charge in [-0.25, -0.2) is 0 Å². The van der Waals surface area contributed by atoms with Crippen LogP contribution >= 0.6 is 0 Å². The largest absolute Gasteiger partial charge is 1.00 e. The second-order valence-corrected chi connectivity index (χ2v) is 4.25. The van der Waals surface area contributed by atoms with E-state index in [1.165, 1.54) is 12.1 Å². The van der Waals surface area contributed by atoms with Crippen LogP contribution in [0.5, 0.6) is 0 Å². The number of benzene rings is 2. The Hall–Kier alpha value is -0.109. The van der Waals surface area contributed by atoms with Crippen molar-refractivity contribution in [2.45, 2.75) is 12.6 Å². The van der Waals surface area contributed by atoms with Gasteiger partial charge in [-0.3, -0.25) is 0 Å². The van der Waals surface area contributed by atoms with Crippen LogP contribution in [0.3, 0.4) is 0 Å². The van der Waals surface area contributed by atoms with Crippen molar-refractivity contribution in [3.05, 3.63) is 71.8 Å². The molecule has 0 aliphatic carbocycles. The third-order valence-corrected chi connectivity index (χ3v) is 2.74. The van der Waals surface area contributed by atoms with Gasteiger partial charge in [0, 0.05) is 0 Å². The van der Waals surface area contributed by atoms with Gasteiger partial charge in [-0.15, -0.1) is 0 Å². The quantitative estimate of drug-likeness (QED) is 0.758. The Balaban J connectivity index is 0.00000200. The number of ether oxygens (including phenoxy) is 1. The maximum absolute atomic E-state index is 13.0. The van der Waals surface area contributed by atoms with Crippen LogP contribution < -0.4 is 51.4 Å². The molecule has 0 amide bonds. The molecule has 0 radical (unpaired) electrons. The molecule has 0 N–H and O–H groups in total. The van der Waals surface area contributed by atoms with E-state index in [4.69, 9.17) is 4.74 Å². The molecular formula is C14H13BF3KO. The van der Waals surface area contributed by atoms with Gasteiger partial charge >= 0.3 is 58.4 Å². The van der Waals surface area contributed by atoms with Crippen LogP contribution in [-0.2, 0) is 11.3 Å². The molecule has 0 spiro atoms. The molecule has 0 aliphatic heterocycles. The van der Waals surface area contributed by atoms with E-state index in [2.05, 4.69) is 0 Å². The monoisotopic (exact) mass is 304 g/mol. The van der Waals surface area contributed by atoms with Gasteiger partial charge in [0.15, 0.2) is 0 Å². The molecule has 20 heavy (non-hydrogen) atoms. The molecule has 0 saturated carbocycles. The minimum Gasteiger partial charge on any atom is -0.447 e. The molecule has 0 heterocycles. The maximum atomic E-state index is 13.0. The standard InChI is InChI=1S/C14H13BF3O.K/c16-15(17,18)14(13-9-5-2-6-10-13)19-11-12-7-3-1-4-8-12;/h1-10,14H,11H2;/q-1;+1. The van der Waals surface area contributed by atoms with E-state index in [0.29, 0.717) is 0 Å². The third kappa shape index (κ3) is 5.35. The molecule has 100 valence electrons. The number of hydrogen-bond donors (Lipinski definition) is 0. The average Bonchev–Trinajstić information content (AvgIpc) is 2.40. The van der Waals surface area contributed by atoms with Crippen LogP contribution in [0.2, 0.25) is 0 Å². The molecule has 6 heteroatoms. The van der Waals surface area contributed by atoms with E-state index in [1.807, 2.05) is 6.07 Å². The summed E-state index contributed by atoms with van der Waals surface area (Å²) in [5.41, 5.74) is 0.870. The van der Waals surface area contributed by atoms with Crippen molar-refractivity contribution in [1.82, 2.24) is 0 Å². The predicted molar refractivity (Wildman–Crippen MR) is 69.5 cm³/mol. The molecule has 0 aliphatic rings. The zero-order chi connectivity index (χ0) is 13.7. The fraction of sp³-hybridized carbons (Fsp3) is 0.143. The van der Waals surface area contributed by atoms with Crippen molar-refractivity contribution in [2.24, 2.45) is 0 Å². The maximum Gasteiger partial charge on any atom is 1.00 e. The Morgan fingerprint density at radius 3 is 1.85 bits per heavy atom. The van der Waals surface area contributed by atoms with Gasteiger partial charge in [0.1, 0.15) is 0 Å². The Morgan fingerprint density at radius 2 is 1.35 bits per heavy atom. The SMILES string of the molecule is F[B-](F)(F)C(OCc1ccccc1)c1ccccc1.[K+]. The first-order valence-corrected chi connectivity index (χ1v) is 5.98. The number of rotatable bonds is 5. The summed E-state index contributed by atoms with van der Waals surface area (Å²) in [6, 6.07) is 14.7. The zero-order valence-corrected chi connectivity index (χ0v) is 14.3. The van der Waals surface area contributed by atoms with E-state index in [-0.39, 0.29) is 63.6 Å². The van der Waals surface area contributed by atoms with Crippen molar-refractivity contribution in [1.29, 1.82) is 0 Å². The van der Waals surface area contributed by atoms with E-state index >= 15 is 0 Å². The van der Waals surface area contributed by atoms with Crippen LogP contribution in [0, 0.1) is 0 Å². The average molecular weight is 304 g/mol. The van der Waals surface area contributed by atoms with E-state index in [9.17, 15) is 12.9 Å². The molecule has 1 nitrogen and oxygen atoms in total. The molecule has 0 aromatic heterocycles. The van der Waals surface area contributed by atoms with Crippen LogP contribution in [0.4, 0.5) is 12.9 Å². The summed E-state index contributed by atoms with van der Waals surface area (Å²) in [6.45, 7) is -5.14. The van der Waals surface area contributed by atoms with Gasteiger partial charge in [0.05, 0.1) is 12.6 Å². The van der Waals surface area contributed by atoms with Crippen LogP contribution in [0.25, 0.3) is 0 Å². The van der Waals surface area contributed by atoms with Gasteiger partial charge in [0.2, 0.25) is 0 Å². The molecule has 2 aromatic rings. The normalized spacial score (nSPS) is 12.6. The fourth-order valence-corrected chi connectivity index (χ4v) is 1.83. The molecular weight excluding hydrogens is 291 g/mol. The van der Waals surface area contributed by atoms with Crippen molar-refractivity contribution in [2.75, 3.05) is 0 Å². The number of halogens is 3. The summed E-state index contributed by atoms with van der Waals surface area (Å²) in [6.07, 6.45) is 0. The van der Waals surface area contributed by atoms with Crippen LogP contribution in [0.1, 0.15) is 17.1 Å². The Labute approximate surface area is 159 Å². The second-order valence-electron chi connectivity index (χ2n) is 4.25. The predicted octanol–water partition coefficient (Wildman–Crippen LogP) is 1.34. The summed E-state index contributed by atoms with van der Waals surface area (Å²) in [4.78, 5) is 0. The second kappa shape index (κ2) is 8.36. The molecule has 1 atom stereocenters. The molecule has 2 aromatic carbocycles. The van der Waals surface area contributed by atoms with Crippen molar-refractivity contribution in [3.8, 4) is 0 Å². The van der Waals surface area contributed by atoms with Crippen molar-refractivity contribution >= 4 is 6.98 Å². The molecule has 2 rings (SSSR count). The smallest absolute Gasteiger partial charge is 0.447 e. The Bertz CT molecular complexity index is 505. The van der Waals surface area contributed by atoms with Crippen molar-refractivity contribution in [3.63, 3.8) is 0 Å². The van der Waals surface area contributed by atoms with Gasteiger partial charge in [-0.05, 0) is 11.1 Å². The van der Waals surface area contributed by atoms with Crippen molar-refractivity contribution < 1.29 is 69.1 Å². The first-order valence-electron chi connectivity index (χ1n) is 5.98. The summed E-state index contributed by atoms with van der Waals surface area (Å²) >= 11 is 0. The van der Waals surface area contributed by atoms with Gasteiger partial charge in [-0.1, -0.05) is 60.7 Å². The van der Waals surface area contributed by atoms with E-state index < -0.39 is 13.0 Å². The van der Waals surface area contributed by atoms with Gasteiger partial charge in [0.25, 0.3) is 0 Å². The fourth-order valence-electron chi connectivity index (χ4n) is 1.83. The summed E-state index contributed by atoms with van der Waals surface area (Å²) < 4.78 is 44.2. The number of hydrogen-bond acceptors (Lipinski definition) is 1. The van der Waals surface area contributed by atoms with Crippen LogP contribution in [-0.4, -0.2) is 6.98 Å².